The van der Waals surface area contributed by atoms with Crippen LogP contribution in [0.15, 0.2) is 27.8 Å². The number of nitrogens with two attached hydrogens (primary N) is 1. The summed E-state index contributed by atoms with van der Waals surface area (Å²) in [6, 6.07) is 5.02. The molecule has 1 aromatic heterocycles. The van der Waals surface area contributed by atoms with Gasteiger partial charge >= 0.3 is 5.69 Å². The molecule has 0 saturated heterocycles. The van der Waals surface area contributed by atoms with Crippen LogP contribution in [0.4, 0.5) is 11.5 Å². The number of nitrogens with one attached hydrogen (secondary N) is 1. The second-order valence-electron chi connectivity index (χ2n) is 6.85. The molecule has 0 radical (unpaired) electrons. The van der Waals surface area contributed by atoms with Crippen molar-refractivity contribution in [2.45, 2.75) is 46.1 Å². The van der Waals surface area contributed by atoms with Gasteiger partial charge in [-0.1, -0.05) is 32.8 Å². The van der Waals surface area contributed by atoms with Crippen molar-refractivity contribution in [3.63, 3.8) is 0 Å². The number of hydrogen-bond acceptors (Lipinski definition) is 6. The summed E-state index contributed by atoms with van der Waals surface area (Å²) in [5, 5.41) is 0. The largest absolute Gasteiger partial charge is 0.454 e. The maximum Gasteiger partial charge on any atom is 0.330 e. The Morgan fingerprint density at radius 3 is 2.69 bits per heavy atom. The molecule has 29 heavy (non-hydrogen) atoms. The fourth-order valence-corrected chi connectivity index (χ4v) is 3.25. The van der Waals surface area contributed by atoms with Crippen LogP contribution in [0.5, 0.6) is 11.5 Å². The zero-order valence-corrected chi connectivity index (χ0v) is 16.7. The minimum atomic E-state index is -0.686. The molecule has 2 heterocycles. The molecule has 1 aliphatic rings. The molecule has 2 aromatic rings. The summed E-state index contributed by atoms with van der Waals surface area (Å²) < 4.78 is 12.1. The number of para-hydroxylation sites is 1. The van der Waals surface area contributed by atoms with Gasteiger partial charge in [-0.3, -0.25) is 19.1 Å². The first-order valence-electron chi connectivity index (χ1n) is 9.82. The van der Waals surface area contributed by atoms with Crippen LogP contribution in [0.25, 0.3) is 0 Å². The van der Waals surface area contributed by atoms with Gasteiger partial charge in [0, 0.05) is 13.1 Å². The van der Waals surface area contributed by atoms with E-state index in [1.54, 1.807) is 18.2 Å². The molecule has 0 bridgehead atoms. The van der Waals surface area contributed by atoms with E-state index in [4.69, 9.17) is 15.2 Å². The second-order valence-corrected chi connectivity index (χ2v) is 6.85. The zero-order chi connectivity index (χ0) is 21.0. The number of anilines is 2. The number of aromatic nitrogens is 2. The van der Waals surface area contributed by atoms with Crippen molar-refractivity contribution in [1.29, 1.82) is 0 Å². The number of aromatic amines is 1. The topological polar surface area (TPSA) is 120 Å². The van der Waals surface area contributed by atoms with E-state index in [9.17, 15) is 14.4 Å². The summed E-state index contributed by atoms with van der Waals surface area (Å²) in [6.07, 6.45) is 3.04. The third-order valence-corrected chi connectivity index (χ3v) is 4.83. The fourth-order valence-electron chi connectivity index (χ4n) is 3.25. The minimum absolute atomic E-state index is 0.0126. The first-order chi connectivity index (χ1) is 14.0. The highest BCUT2D eigenvalue weighted by atomic mass is 16.7. The summed E-state index contributed by atoms with van der Waals surface area (Å²) in [4.78, 5) is 41.9. The van der Waals surface area contributed by atoms with Crippen LogP contribution >= 0.6 is 0 Å². The fraction of sp³-hybridized carbons (Fsp3) is 0.450. The number of fused-ring (bicyclic) bond motifs is 1. The Balaban J connectivity index is 2.11. The molecule has 1 amide bonds. The molecule has 0 spiro atoms. The summed E-state index contributed by atoms with van der Waals surface area (Å²) in [6.45, 7) is 4.63. The molecule has 9 nitrogen and oxygen atoms in total. The number of benzene rings is 1. The number of ether oxygens (including phenoxy) is 2. The maximum absolute atomic E-state index is 13.4. The number of H-pyrrole nitrogens is 1. The molecular formula is C20H26N4O5. The summed E-state index contributed by atoms with van der Waals surface area (Å²) >= 11 is 0. The lowest BCUT2D eigenvalue weighted by Crippen LogP contribution is -2.41. The highest BCUT2D eigenvalue weighted by Crippen LogP contribution is 2.36. The molecule has 3 rings (SSSR count). The van der Waals surface area contributed by atoms with Crippen LogP contribution in [0, 0.1) is 0 Å². The Hall–Kier alpha value is -3.23. The van der Waals surface area contributed by atoms with Gasteiger partial charge in [-0.15, -0.1) is 0 Å². The number of hydrogen-bond donors (Lipinski definition) is 2. The Bertz CT molecular complexity index is 1010. The SMILES string of the molecule is CCCCN(C(=O)c1cccc2c1OCO2)c1c(N)n(CCCC)c(=O)[nH]c1=O. The van der Waals surface area contributed by atoms with Crippen molar-refractivity contribution in [2.24, 2.45) is 0 Å². The number of carbonyl (C=O) groups excluding carboxylic acids is 1. The average Bonchev–Trinajstić information content (AvgIpc) is 3.18. The summed E-state index contributed by atoms with van der Waals surface area (Å²) in [7, 11) is 0. The molecule has 156 valence electrons. The third kappa shape index (κ3) is 3.98. The minimum Gasteiger partial charge on any atom is -0.454 e. The van der Waals surface area contributed by atoms with E-state index >= 15 is 0 Å². The number of unbranched alkanes of at least 4 members (excludes halogenated alkanes) is 2. The van der Waals surface area contributed by atoms with Gasteiger partial charge in [0.25, 0.3) is 11.5 Å². The van der Waals surface area contributed by atoms with Crippen LogP contribution in [0.3, 0.4) is 0 Å². The van der Waals surface area contributed by atoms with Gasteiger partial charge in [-0.25, -0.2) is 4.79 Å². The molecule has 0 atom stereocenters. The standard InChI is InChI=1S/C20H26N4O5/c1-3-5-10-23(19(26)13-8-7-9-14-16(13)29-12-28-14)15-17(21)24(11-6-4-2)20(27)22-18(15)25/h7-9H,3-6,10-12,21H2,1-2H3,(H,22,25,27). The monoisotopic (exact) mass is 402 g/mol. The highest BCUT2D eigenvalue weighted by molar-refractivity contribution is 6.09. The van der Waals surface area contributed by atoms with Crippen LogP contribution in [0.2, 0.25) is 0 Å². The van der Waals surface area contributed by atoms with Gasteiger partial charge in [0.05, 0.1) is 5.56 Å². The van der Waals surface area contributed by atoms with Crippen molar-refractivity contribution in [3.05, 3.63) is 44.6 Å². The molecule has 0 saturated carbocycles. The Labute approximate surface area is 168 Å². The van der Waals surface area contributed by atoms with Gasteiger partial charge < -0.3 is 20.1 Å². The van der Waals surface area contributed by atoms with Crippen molar-refractivity contribution < 1.29 is 14.3 Å². The van der Waals surface area contributed by atoms with Gasteiger partial charge in [-0.05, 0) is 25.0 Å². The van der Waals surface area contributed by atoms with E-state index in [1.165, 1.54) is 9.47 Å². The lowest BCUT2D eigenvalue weighted by molar-refractivity contribution is 0.0981. The van der Waals surface area contributed by atoms with Crippen LogP contribution in [-0.4, -0.2) is 28.8 Å². The van der Waals surface area contributed by atoms with E-state index in [-0.39, 0.29) is 30.4 Å². The van der Waals surface area contributed by atoms with E-state index < -0.39 is 17.2 Å². The smallest absolute Gasteiger partial charge is 0.330 e. The van der Waals surface area contributed by atoms with Crippen molar-refractivity contribution in [3.8, 4) is 11.5 Å². The number of carbonyl (C=O) groups is 1. The quantitative estimate of drug-likeness (QED) is 0.698. The predicted molar refractivity (Wildman–Crippen MR) is 110 cm³/mol. The van der Waals surface area contributed by atoms with Crippen LogP contribution < -0.4 is 31.4 Å². The van der Waals surface area contributed by atoms with E-state index in [0.717, 1.165) is 19.3 Å². The number of amides is 1. The third-order valence-electron chi connectivity index (χ3n) is 4.83. The van der Waals surface area contributed by atoms with E-state index in [0.29, 0.717) is 24.5 Å². The molecule has 0 unspecified atom stereocenters. The van der Waals surface area contributed by atoms with Gasteiger partial charge in [0.15, 0.2) is 17.2 Å². The zero-order valence-electron chi connectivity index (χ0n) is 16.7. The molecule has 9 heteroatoms. The molecule has 1 aliphatic heterocycles. The predicted octanol–water partition coefficient (Wildman–Crippen LogP) is 2.09. The molecule has 3 N–H and O–H groups in total. The normalized spacial score (nSPS) is 12.2. The Kier molecular flexibility index (Phi) is 6.26. The first kappa shape index (κ1) is 20.5. The molecule has 1 aromatic carbocycles. The highest BCUT2D eigenvalue weighted by Gasteiger charge is 2.29. The van der Waals surface area contributed by atoms with E-state index in [1.807, 2.05) is 13.8 Å². The van der Waals surface area contributed by atoms with Gasteiger partial charge in [0.1, 0.15) is 5.82 Å². The summed E-state index contributed by atoms with van der Waals surface area (Å²) in [5.74, 6) is 0.370. The molecular weight excluding hydrogens is 376 g/mol. The van der Waals surface area contributed by atoms with Crippen molar-refractivity contribution in [1.82, 2.24) is 9.55 Å². The Morgan fingerprint density at radius 1 is 1.21 bits per heavy atom. The lowest BCUT2D eigenvalue weighted by atomic mass is 10.1. The number of nitrogen functional groups attached to an aromatic ring is 1. The number of rotatable bonds is 8. The maximum atomic E-state index is 13.4. The van der Waals surface area contributed by atoms with E-state index in [2.05, 4.69) is 4.98 Å². The second kappa shape index (κ2) is 8.85. The molecule has 0 fully saturated rings. The Morgan fingerprint density at radius 2 is 1.97 bits per heavy atom. The number of nitrogens with zero attached hydrogens (tertiary/aromatic N) is 2. The molecule has 0 aliphatic carbocycles. The average molecular weight is 402 g/mol. The first-order valence-corrected chi connectivity index (χ1v) is 9.82. The summed E-state index contributed by atoms with van der Waals surface area (Å²) in [5.41, 5.74) is 5.22. The van der Waals surface area contributed by atoms with Crippen LogP contribution in [-0.2, 0) is 6.54 Å². The van der Waals surface area contributed by atoms with Crippen molar-refractivity contribution >= 4 is 17.4 Å². The van der Waals surface area contributed by atoms with Crippen LogP contribution in [0.1, 0.15) is 49.9 Å². The van der Waals surface area contributed by atoms with Gasteiger partial charge in [-0.2, -0.15) is 0 Å². The van der Waals surface area contributed by atoms with Gasteiger partial charge in [0.2, 0.25) is 6.79 Å². The van der Waals surface area contributed by atoms with Crippen molar-refractivity contribution in [2.75, 3.05) is 24.0 Å². The lowest BCUT2D eigenvalue weighted by Gasteiger charge is -2.25.